The van der Waals surface area contributed by atoms with Gasteiger partial charge in [0.15, 0.2) is 5.82 Å². The number of carbonyl (C=O) groups is 2. The summed E-state index contributed by atoms with van der Waals surface area (Å²) in [6.07, 6.45) is 0. The molecule has 27 heavy (non-hydrogen) atoms. The minimum absolute atomic E-state index is 0.164. The predicted molar refractivity (Wildman–Crippen MR) is 100.0 cm³/mol. The average Bonchev–Trinajstić information content (AvgIpc) is 3.15. The quantitative estimate of drug-likeness (QED) is 0.748. The molecule has 0 spiro atoms. The second-order valence-electron chi connectivity index (χ2n) is 5.92. The highest BCUT2D eigenvalue weighted by Gasteiger charge is 2.33. The molecular weight excluding hydrogens is 370 g/mol. The Balaban J connectivity index is 1.53. The van der Waals surface area contributed by atoms with Crippen LogP contribution in [0, 0.1) is 0 Å². The minimum atomic E-state index is -0.650. The third-order valence-corrected chi connectivity index (χ3v) is 4.47. The van der Waals surface area contributed by atoms with Crippen molar-refractivity contribution in [2.75, 3.05) is 10.2 Å². The highest BCUT2D eigenvalue weighted by Crippen LogP contribution is 2.22. The third kappa shape index (κ3) is 3.11. The SMILES string of the molecule is O=C(Cn1nc2n(c1=O)C(=O)N(c1ccccc1)C2)Nc1ccccc1Cl. The van der Waals surface area contributed by atoms with Crippen LogP contribution in [-0.4, -0.2) is 26.3 Å². The molecule has 1 N–H and O–H groups in total. The summed E-state index contributed by atoms with van der Waals surface area (Å²) < 4.78 is 1.96. The van der Waals surface area contributed by atoms with Crippen molar-refractivity contribution in [3.8, 4) is 0 Å². The van der Waals surface area contributed by atoms with E-state index < -0.39 is 17.6 Å². The molecule has 8 nitrogen and oxygen atoms in total. The van der Waals surface area contributed by atoms with Crippen LogP contribution in [0.2, 0.25) is 5.02 Å². The maximum atomic E-state index is 12.6. The first kappa shape index (κ1) is 17.0. The van der Waals surface area contributed by atoms with E-state index in [1.807, 2.05) is 6.07 Å². The van der Waals surface area contributed by atoms with Gasteiger partial charge in [0.1, 0.15) is 6.54 Å². The number of carbonyl (C=O) groups excluding carboxylic acids is 2. The number of benzene rings is 2. The number of para-hydroxylation sites is 2. The van der Waals surface area contributed by atoms with Crippen LogP contribution in [0.15, 0.2) is 59.4 Å². The Hall–Kier alpha value is -3.39. The number of nitrogens with one attached hydrogen (secondary N) is 1. The molecule has 136 valence electrons. The Bertz CT molecular complexity index is 1090. The van der Waals surface area contributed by atoms with E-state index in [-0.39, 0.29) is 13.1 Å². The summed E-state index contributed by atoms with van der Waals surface area (Å²) >= 11 is 6.00. The lowest BCUT2D eigenvalue weighted by molar-refractivity contribution is -0.117. The molecule has 0 bridgehead atoms. The van der Waals surface area contributed by atoms with Crippen molar-refractivity contribution in [2.45, 2.75) is 13.1 Å². The van der Waals surface area contributed by atoms with Crippen molar-refractivity contribution in [3.63, 3.8) is 0 Å². The molecular formula is C18H14ClN5O3. The molecule has 0 saturated heterocycles. The monoisotopic (exact) mass is 383 g/mol. The van der Waals surface area contributed by atoms with E-state index in [0.717, 1.165) is 9.25 Å². The fraction of sp³-hybridized carbons (Fsp3) is 0.111. The van der Waals surface area contributed by atoms with Gasteiger partial charge < -0.3 is 5.32 Å². The molecule has 0 atom stereocenters. The Kier molecular flexibility index (Phi) is 4.25. The van der Waals surface area contributed by atoms with Gasteiger partial charge in [-0.25, -0.2) is 14.3 Å². The first-order chi connectivity index (χ1) is 13.0. The van der Waals surface area contributed by atoms with Crippen molar-refractivity contribution in [1.82, 2.24) is 14.3 Å². The number of rotatable bonds is 4. The van der Waals surface area contributed by atoms with E-state index in [1.54, 1.807) is 48.5 Å². The van der Waals surface area contributed by atoms with Gasteiger partial charge in [-0.05, 0) is 24.3 Å². The largest absolute Gasteiger partial charge is 0.354 e. The van der Waals surface area contributed by atoms with E-state index in [1.165, 1.54) is 4.90 Å². The van der Waals surface area contributed by atoms with Crippen molar-refractivity contribution in [2.24, 2.45) is 0 Å². The average molecular weight is 384 g/mol. The van der Waals surface area contributed by atoms with Gasteiger partial charge in [-0.1, -0.05) is 41.9 Å². The fourth-order valence-electron chi connectivity index (χ4n) is 2.88. The van der Waals surface area contributed by atoms with Crippen LogP contribution >= 0.6 is 11.6 Å². The van der Waals surface area contributed by atoms with Crippen molar-refractivity contribution < 1.29 is 9.59 Å². The summed E-state index contributed by atoms with van der Waals surface area (Å²) in [6.45, 7) is -0.153. The summed E-state index contributed by atoms with van der Waals surface area (Å²) in [4.78, 5) is 38.7. The lowest BCUT2D eigenvalue weighted by Gasteiger charge is -2.14. The molecule has 1 aliphatic rings. The number of fused-ring (bicyclic) bond motifs is 1. The van der Waals surface area contributed by atoms with Crippen LogP contribution in [0.5, 0.6) is 0 Å². The van der Waals surface area contributed by atoms with E-state index in [9.17, 15) is 14.4 Å². The van der Waals surface area contributed by atoms with E-state index in [4.69, 9.17) is 11.6 Å². The van der Waals surface area contributed by atoms with Gasteiger partial charge in [0, 0.05) is 5.69 Å². The zero-order chi connectivity index (χ0) is 19.0. The summed E-state index contributed by atoms with van der Waals surface area (Å²) in [6, 6.07) is 15.3. The van der Waals surface area contributed by atoms with Crippen LogP contribution in [0.25, 0.3) is 0 Å². The maximum absolute atomic E-state index is 12.6. The zero-order valence-corrected chi connectivity index (χ0v) is 14.8. The highest BCUT2D eigenvalue weighted by molar-refractivity contribution is 6.33. The Morgan fingerprint density at radius 1 is 1.07 bits per heavy atom. The van der Waals surface area contributed by atoms with E-state index in [2.05, 4.69) is 10.4 Å². The van der Waals surface area contributed by atoms with Crippen molar-refractivity contribution in [1.29, 1.82) is 0 Å². The first-order valence-electron chi connectivity index (χ1n) is 8.14. The second kappa shape index (κ2) is 6.73. The van der Waals surface area contributed by atoms with Gasteiger partial charge in [-0.3, -0.25) is 9.69 Å². The third-order valence-electron chi connectivity index (χ3n) is 4.14. The molecule has 0 saturated carbocycles. The van der Waals surface area contributed by atoms with Crippen LogP contribution in [0.1, 0.15) is 5.82 Å². The first-order valence-corrected chi connectivity index (χ1v) is 8.52. The smallest absolute Gasteiger partial charge is 0.323 e. The highest BCUT2D eigenvalue weighted by atomic mass is 35.5. The van der Waals surface area contributed by atoms with Crippen LogP contribution < -0.4 is 15.9 Å². The normalized spacial score (nSPS) is 12.9. The van der Waals surface area contributed by atoms with Crippen LogP contribution in [-0.2, 0) is 17.9 Å². The maximum Gasteiger partial charge on any atom is 0.354 e. The second-order valence-corrected chi connectivity index (χ2v) is 6.33. The van der Waals surface area contributed by atoms with Gasteiger partial charge in [0.2, 0.25) is 5.91 Å². The molecule has 2 aromatic carbocycles. The molecule has 1 aliphatic heterocycles. The standard InChI is InChI=1S/C18H14ClN5O3/c19-13-8-4-5-9-14(13)20-16(25)11-23-18(27)24-15(21-23)10-22(17(24)26)12-6-2-1-3-7-12/h1-9H,10-11H2,(H,20,25). The molecule has 0 unspecified atom stereocenters. The van der Waals surface area contributed by atoms with Gasteiger partial charge in [-0.2, -0.15) is 9.67 Å². The molecule has 1 aromatic heterocycles. The predicted octanol–water partition coefficient (Wildman–Crippen LogP) is 2.33. The Morgan fingerprint density at radius 3 is 2.48 bits per heavy atom. The molecule has 0 aliphatic carbocycles. The molecule has 0 fully saturated rings. The number of anilines is 2. The topological polar surface area (TPSA) is 89.2 Å². The number of amides is 2. The minimum Gasteiger partial charge on any atom is -0.323 e. The van der Waals surface area contributed by atoms with Gasteiger partial charge in [0.25, 0.3) is 0 Å². The van der Waals surface area contributed by atoms with Gasteiger partial charge in [-0.15, -0.1) is 0 Å². The number of halogens is 1. The van der Waals surface area contributed by atoms with Crippen molar-refractivity contribution >= 4 is 34.9 Å². The summed E-state index contributed by atoms with van der Waals surface area (Å²) in [5.74, 6) is -0.172. The summed E-state index contributed by atoms with van der Waals surface area (Å²) in [5, 5.41) is 7.14. The molecule has 2 amide bonds. The number of hydrogen-bond donors (Lipinski definition) is 1. The van der Waals surface area contributed by atoms with E-state index >= 15 is 0 Å². The molecule has 3 aromatic rings. The lowest BCUT2D eigenvalue weighted by Crippen LogP contribution is -2.36. The Labute approximate surface area is 158 Å². The van der Waals surface area contributed by atoms with Gasteiger partial charge >= 0.3 is 11.7 Å². The fourth-order valence-corrected chi connectivity index (χ4v) is 3.06. The molecule has 0 radical (unpaired) electrons. The lowest BCUT2D eigenvalue weighted by atomic mass is 10.3. The number of hydrogen-bond acceptors (Lipinski definition) is 4. The number of nitrogens with zero attached hydrogens (tertiary/aromatic N) is 4. The molecule has 2 heterocycles. The Morgan fingerprint density at radius 2 is 1.78 bits per heavy atom. The molecule has 4 rings (SSSR count). The van der Waals surface area contributed by atoms with Crippen LogP contribution in [0.3, 0.4) is 0 Å². The van der Waals surface area contributed by atoms with Gasteiger partial charge in [0.05, 0.1) is 17.3 Å². The van der Waals surface area contributed by atoms with Crippen molar-refractivity contribution in [3.05, 3.63) is 75.9 Å². The summed E-state index contributed by atoms with van der Waals surface area (Å²) in [5.41, 5.74) is 0.466. The zero-order valence-electron chi connectivity index (χ0n) is 14.0. The van der Waals surface area contributed by atoms with Crippen LogP contribution in [0.4, 0.5) is 16.2 Å². The molecule has 9 heteroatoms. The summed E-state index contributed by atoms with van der Waals surface area (Å²) in [7, 11) is 0. The van der Waals surface area contributed by atoms with E-state index in [0.29, 0.717) is 22.2 Å². The number of aromatic nitrogens is 3.